The molecular formula is C34H38N8O7S. The maximum absolute atomic E-state index is 14.9. The minimum atomic E-state index is -4.64. The summed E-state index contributed by atoms with van der Waals surface area (Å²) in [5.74, 6) is -0.671. The molecule has 2 aromatic heterocycles. The summed E-state index contributed by atoms with van der Waals surface area (Å²) in [5, 5.41) is 12.4. The SMILES string of the molecule is COc1ccc(S(=O)(=O)N2C(=O)[C@@](NC(=O)N3CCN(C4CCN(C5COC5)CC4)CC3)(c3cccnc3OC)c3cc(C#N)ccc32)nc1. The molecule has 0 bridgehead atoms. The number of ether oxygens (including phenoxy) is 3. The largest absolute Gasteiger partial charge is 0.495 e. The third kappa shape index (κ3) is 5.69. The van der Waals surface area contributed by atoms with Crippen molar-refractivity contribution in [3.05, 3.63) is 71.5 Å². The van der Waals surface area contributed by atoms with Gasteiger partial charge in [0.1, 0.15) is 5.75 Å². The second-order valence-corrected chi connectivity index (χ2v) is 14.4. The number of carbonyl (C=O) groups excluding carboxylic acids is 2. The number of nitrogens with zero attached hydrogens (tertiary/aromatic N) is 7. The zero-order valence-electron chi connectivity index (χ0n) is 27.8. The normalized spacial score (nSPS) is 22.1. The number of anilines is 1. The van der Waals surface area contributed by atoms with Crippen LogP contribution in [0.25, 0.3) is 0 Å². The number of nitriles is 1. The first-order valence-electron chi connectivity index (χ1n) is 16.5. The zero-order valence-corrected chi connectivity index (χ0v) is 28.6. The fourth-order valence-corrected chi connectivity index (χ4v) is 8.69. The van der Waals surface area contributed by atoms with Gasteiger partial charge in [-0.05, 0) is 55.3 Å². The molecule has 3 amide bonds. The van der Waals surface area contributed by atoms with E-state index in [1.165, 1.54) is 56.9 Å². The number of methoxy groups -OCH3 is 2. The quantitative estimate of drug-likeness (QED) is 0.360. The Bertz CT molecular complexity index is 1920. The number of rotatable bonds is 8. The van der Waals surface area contributed by atoms with Gasteiger partial charge in [-0.25, -0.2) is 14.8 Å². The average Bonchev–Trinajstić information content (AvgIpc) is 3.38. The molecule has 4 aliphatic heterocycles. The van der Waals surface area contributed by atoms with Crippen LogP contribution in [0.3, 0.4) is 0 Å². The minimum absolute atomic E-state index is 0.000839. The van der Waals surface area contributed by atoms with Crippen molar-refractivity contribution < 1.29 is 32.2 Å². The van der Waals surface area contributed by atoms with Gasteiger partial charge in [-0.15, -0.1) is 0 Å². The van der Waals surface area contributed by atoms with Crippen molar-refractivity contribution in [3.8, 4) is 17.7 Å². The highest BCUT2D eigenvalue weighted by Gasteiger charge is 2.59. The Morgan fingerprint density at radius 3 is 2.32 bits per heavy atom. The maximum Gasteiger partial charge on any atom is 0.318 e. The number of sulfonamides is 1. The van der Waals surface area contributed by atoms with Crippen molar-refractivity contribution in [2.24, 2.45) is 0 Å². The Balaban J connectivity index is 1.21. The lowest BCUT2D eigenvalue weighted by molar-refractivity contribution is -0.121. The van der Waals surface area contributed by atoms with E-state index in [-0.39, 0.29) is 28.3 Å². The van der Waals surface area contributed by atoms with E-state index in [4.69, 9.17) is 14.2 Å². The molecule has 1 N–H and O–H groups in total. The number of amides is 3. The van der Waals surface area contributed by atoms with Crippen molar-refractivity contribution in [2.45, 2.75) is 35.5 Å². The zero-order chi connectivity index (χ0) is 35.0. The van der Waals surface area contributed by atoms with Crippen molar-refractivity contribution in [2.75, 3.05) is 71.0 Å². The van der Waals surface area contributed by atoms with Gasteiger partial charge in [-0.1, -0.05) is 0 Å². The fraction of sp³-hybridized carbons (Fsp3) is 0.441. The molecule has 3 fully saturated rings. The molecule has 3 aromatic rings. The number of urea groups is 1. The van der Waals surface area contributed by atoms with Gasteiger partial charge in [-0.3, -0.25) is 14.6 Å². The highest BCUT2D eigenvalue weighted by molar-refractivity contribution is 7.93. The minimum Gasteiger partial charge on any atom is -0.495 e. The number of aromatic nitrogens is 2. The van der Waals surface area contributed by atoms with Crippen LogP contribution in [0.15, 0.2) is 59.9 Å². The number of pyridine rings is 2. The average molecular weight is 703 g/mol. The van der Waals surface area contributed by atoms with E-state index < -0.39 is 32.5 Å². The number of nitrogens with one attached hydrogen (secondary N) is 1. The topological polar surface area (TPSA) is 171 Å². The lowest BCUT2D eigenvalue weighted by atomic mass is 9.83. The van der Waals surface area contributed by atoms with E-state index in [2.05, 4.69) is 31.2 Å². The second-order valence-electron chi connectivity index (χ2n) is 12.7. The monoisotopic (exact) mass is 702 g/mol. The summed E-state index contributed by atoms with van der Waals surface area (Å²) in [7, 11) is -1.85. The summed E-state index contributed by atoms with van der Waals surface area (Å²) in [5.41, 5.74) is -1.82. The summed E-state index contributed by atoms with van der Waals surface area (Å²) in [6, 6.07) is 12.4. The molecule has 7 rings (SSSR count). The van der Waals surface area contributed by atoms with Gasteiger partial charge in [0.2, 0.25) is 5.88 Å². The molecule has 0 saturated carbocycles. The van der Waals surface area contributed by atoms with Crippen LogP contribution in [-0.4, -0.2) is 124 Å². The van der Waals surface area contributed by atoms with Crippen molar-refractivity contribution in [1.29, 1.82) is 5.26 Å². The van der Waals surface area contributed by atoms with E-state index in [1.807, 2.05) is 0 Å². The van der Waals surface area contributed by atoms with E-state index in [0.717, 1.165) is 39.1 Å². The Hall–Kier alpha value is -4.82. The molecule has 1 atom stereocenters. The standard InChI is InChI=1S/C34H38N8O7S/c1-47-26-6-8-30(37-20-26)50(45,46)42-29-7-5-23(19-35)18-28(29)34(32(42)43,27-4-3-11-36-31(27)48-2)38-33(44)41-16-14-40(15-17-41)24-9-12-39(13-10-24)25-21-49-22-25/h3-8,11,18,20,24-25H,9-10,12-17,21-22H2,1-2H3,(H,38,44)/t34-/m1/s1. The molecule has 0 unspecified atom stereocenters. The third-order valence-electron chi connectivity index (χ3n) is 10.1. The number of hydrogen-bond acceptors (Lipinski definition) is 12. The van der Waals surface area contributed by atoms with E-state index in [0.29, 0.717) is 48.3 Å². The molecule has 50 heavy (non-hydrogen) atoms. The lowest BCUT2D eigenvalue weighted by Crippen LogP contribution is -2.61. The number of piperidine rings is 1. The number of carbonyl (C=O) groups is 2. The van der Waals surface area contributed by atoms with Crippen LogP contribution in [0, 0.1) is 11.3 Å². The number of likely N-dealkylation sites (tertiary alicyclic amines) is 1. The summed E-state index contributed by atoms with van der Waals surface area (Å²) >= 11 is 0. The molecule has 1 aromatic carbocycles. The summed E-state index contributed by atoms with van der Waals surface area (Å²) < 4.78 is 45.2. The summed E-state index contributed by atoms with van der Waals surface area (Å²) in [4.78, 5) is 44.1. The smallest absolute Gasteiger partial charge is 0.318 e. The molecule has 0 spiro atoms. The van der Waals surface area contributed by atoms with Gasteiger partial charge in [0.05, 0.1) is 62.6 Å². The molecule has 0 radical (unpaired) electrons. The molecule has 262 valence electrons. The van der Waals surface area contributed by atoms with E-state index in [1.54, 1.807) is 17.0 Å². The molecule has 15 nitrogen and oxygen atoms in total. The summed E-state index contributed by atoms with van der Waals surface area (Å²) in [6.45, 7) is 5.76. The van der Waals surface area contributed by atoms with Crippen LogP contribution < -0.4 is 19.1 Å². The maximum atomic E-state index is 14.9. The van der Waals surface area contributed by atoms with Crippen LogP contribution >= 0.6 is 0 Å². The Labute approximate surface area is 290 Å². The van der Waals surface area contributed by atoms with Crippen LogP contribution in [0.2, 0.25) is 0 Å². The van der Waals surface area contributed by atoms with Gasteiger partial charge < -0.3 is 24.4 Å². The molecule has 6 heterocycles. The van der Waals surface area contributed by atoms with Gasteiger partial charge >= 0.3 is 6.03 Å². The fourth-order valence-electron chi connectivity index (χ4n) is 7.30. The van der Waals surface area contributed by atoms with Gasteiger partial charge in [0.15, 0.2) is 10.6 Å². The Kier molecular flexibility index (Phi) is 9.07. The molecule has 16 heteroatoms. The predicted octanol–water partition coefficient (Wildman–Crippen LogP) is 1.53. The summed E-state index contributed by atoms with van der Waals surface area (Å²) in [6.07, 6.45) is 4.79. The molecule has 3 saturated heterocycles. The lowest BCUT2D eigenvalue weighted by Gasteiger charge is -2.46. The van der Waals surface area contributed by atoms with Crippen LogP contribution in [0.4, 0.5) is 10.5 Å². The van der Waals surface area contributed by atoms with Crippen LogP contribution in [0.5, 0.6) is 11.6 Å². The Morgan fingerprint density at radius 1 is 0.960 bits per heavy atom. The highest BCUT2D eigenvalue weighted by Crippen LogP contribution is 2.49. The third-order valence-corrected chi connectivity index (χ3v) is 11.7. The van der Waals surface area contributed by atoms with Crippen molar-refractivity contribution in [1.82, 2.24) is 30.0 Å². The number of fused-ring (bicyclic) bond motifs is 1. The molecule has 0 aliphatic carbocycles. The van der Waals surface area contributed by atoms with Crippen molar-refractivity contribution in [3.63, 3.8) is 0 Å². The predicted molar refractivity (Wildman–Crippen MR) is 179 cm³/mol. The van der Waals surface area contributed by atoms with E-state index in [9.17, 15) is 23.3 Å². The van der Waals surface area contributed by atoms with E-state index >= 15 is 0 Å². The number of hydrogen-bond donors (Lipinski definition) is 1. The van der Waals surface area contributed by atoms with Gasteiger partial charge in [-0.2, -0.15) is 18.0 Å². The Morgan fingerprint density at radius 2 is 1.70 bits per heavy atom. The van der Waals surface area contributed by atoms with Gasteiger partial charge in [0.25, 0.3) is 15.9 Å². The van der Waals surface area contributed by atoms with Gasteiger partial charge in [0, 0.05) is 57.1 Å². The molecular weight excluding hydrogens is 664 g/mol. The first-order chi connectivity index (χ1) is 24.2. The highest BCUT2D eigenvalue weighted by atomic mass is 32.2. The first kappa shape index (κ1) is 33.7. The second kappa shape index (κ2) is 13.5. The number of piperazine rings is 1. The van der Waals surface area contributed by atoms with Crippen LogP contribution in [-0.2, 0) is 25.1 Å². The number of benzene rings is 1. The first-order valence-corrected chi connectivity index (χ1v) is 17.9. The van der Waals surface area contributed by atoms with Crippen LogP contribution in [0.1, 0.15) is 29.5 Å². The molecule has 4 aliphatic rings. The van der Waals surface area contributed by atoms with Crippen molar-refractivity contribution >= 4 is 27.6 Å².